The van der Waals surface area contributed by atoms with E-state index in [9.17, 15) is 8.42 Å². The Bertz CT molecular complexity index is 671. The van der Waals surface area contributed by atoms with Crippen molar-refractivity contribution in [1.29, 1.82) is 0 Å². The first-order chi connectivity index (χ1) is 9.44. The molecule has 2 aromatic rings. The molecule has 0 saturated carbocycles. The number of benzene rings is 1. The number of aryl methyl sites for hydroxylation is 2. The average molecular weight is 312 g/mol. The molecule has 0 spiro atoms. The van der Waals surface area contributed by atoms with Crippen LogP contribution in [-0.4, -0.2) is 19.8 Å². The van der Waals surface area contributed by atoms with E-state index in [0.717, 1.165) is 10.5 Å². The van der Waals surface area contributed by atoms with Crippen LogP contribution < -0.4 is 4.72 Å². The third-order valence-electron chi connectivity index (χ3n) is 2.86. The number of hydrogen-bond acceptors (Lipinski definition) is 5. The molecule has 0 bridgehead atoms. The average Bonchev–Trinajstić information content (AvgIpc) is 2.77. The second-order valence-electron chi connectivity index (χ2n) is 4.33. The van der Waals surface area contributed by atoms with Crippen LogP contribution in [0.25, 0.3) is 0 Å². The lowest BCUT2D eigenvalue weighted by Gasteiger charge is -2.06. The Labute approximate surface area is 122 Å². The Morgan fingerprint density at radius 3 is 2.40 bits per heavy atom. The Hall–Kier alpha value is -1.31. The molecule has 0 radical (unpaired) electrons. The molecule has 7 heteroatoms. The van der Waals surface area contributed by atoms with E-state index in [2.05, 4.69) is 9.88 Å². The van der Waals surface area contributed by atoms with E-state index in [0.29, 0.717) is 11.5 Å². The van der Waals surface area contributed by atoms with Crippen molar-refractivity contribution in [3.05, 3.63) is 41.3 Å². The largest absolute Gasteiger partial charge is 0.360 e. The third kappa shape index (κ3) is 3.23. The van der Waals surface area contributed by atoms with Crippen molar-refractivity contribution in [3.63, 3.8) is 0 Å². The molecule has 1 aromatic carbocycles. The van der Waals surface area contributed by atoms with Crippen LogP contribution in [0.1, 0.15) is 17.0 Å². The maximum atomic E-state index is 12.2. The van der Waals surface area contributed by atoms with E-state index in [4.69, 9.17) is 4.52 Å². The SMILES string of the molecule is CSc1ccc(CNS(=O)(=O)c2c(C)noc2C)cc1. The molecular formula is C13H16N2O3S2. The van der Waals surface area contributed by atoms with Gasteiger partial charge in [-0.1, -0.05) is 17.3 Å². The molecule has 1 aromatic heterocycles. The highest BCUT2D eigenvalue weighted by atomic mass is 32.2. The summed E-state index contributed by atoms with van der Waals surface area (Å²) in [5.74, 6) is 0.299. The molecule has 0 atom stereocenters. The van der Waals surface area contributed by atoms with Crippen molar-refractivity contribution >= 4 is 21.8 Å². The summed E-state index contributed by atoms with van der Waals surface area (Å²) < 4.78 is 31.9. The highest BCUT2D eigenvalue weighted by molar-refractivity contribution is 7.98. The van der Waals surface area contributed by atoms with Crippen molar-refractivity contribution in [2.45, 2.75) is 30.2 Å². The number of sulfonamides is 1. The van der Waals surface area contributed by atoms with Gasteiger partial charge in [-0.15, -0.1) is 11.8 Å². The van der Waals surface area contributed by atoms with Crippen LogP contribution in [0.2, 0.25) is 0 Å². The summed E-state index contributed by atoms with van der Waals surface area (Å²) in [6.45, 7) is 3.43. The topological polar surface area (TPSA) is 72.2 Å². The van der Waals surface area contributed by atoms with Crippen LogP contribution in [0.15, 0.2) is 38.6 Å². The lowest BCUT2D eigenvalue weighted by Crippen LogP contribution is -2.24. The van der Waals surface area contributed by atoms with Gasteiger partial charge in [-0.05, 0) is 37.8 Å². The Morgan fingerprint density at radius 1 is 1.25 bits per heavy atom. The smallest absolute Gasteiger partial charge is 0.246 e. The van der Waals surface area contributed by atoms with Crippen molar-refractivity contribution in [3.8, 4) is 0 Å². The van der Waals surface area contributed by atoms with E-state index < -0.39 is 10.0 Å². The Balaban J connectivity index is 2.13. The maximum absolute atomic E-state index is 12.2. The van der Waals surface area contributed by atoms with Crippen LogP contribution in [0.4, 0.5) is 0 Å². The number of rotatable bonds is 5. The summed E-state index contributed by atoms with van der Waals surface area (Å²) in [6, 6.07) is 7.73. The van der Waals surface area contributed by atoms with Gasteiger partial charge in [0.2, 0.25) is 10.0 Å². The van der Waals surface area contributed by atoms with Gasteiger partial charge >= 0.3 is 0 Å². The lowest BCUT2D eigenvalue weighted by atomic mass is 10.2. The Kier molecular flexibility index (Phi) is 4.52. The van der Waals surface area contributed by atoms with Gasteiger partial charge in [-0.25, -0.2) is 13.1 Å². The number of aromatic nitrogens is 1. The fourth-order valence-corrected chi connectivity index (χ4v) is 3.60. The summed E-state index contributed by atoms with van der Waals surface area (Å²) >= 11 is 1.64. The summed E-state index contributed by atoms with van der Waals surface area (Å²) in [4.78, 5) is 1.26. The number of nitrogens with one attached hydrogen (secondary N) is 1. The maximum Gasteiger partial charge on any atom is 0.246 e. The zero-order valence-electron chi connectivity index (χ0n) is 11.5. The van der Waals surface area contributed by atoms with E-state index in [1.54, 1.807) is 25.6 Å². The zero-order chi connectivity index (χ0) is 14.8. The standard InChI is InChI=1S/C13H16N2O3S2/c1-9-13(10(2)18-15-9)20(16,17)14-8-11-4-6-12(19-3)7-5-11/h4-7,14H,8H2,1-3H3. The van der Waals surface area contributed by atoms with Crippen molar-refractivity contribution in [2.75, 3.05) is 6.26 Å². The molecule has 0 aliphatic rings. The highest BCUT2D eigenvalue weighted by Gasteiger charge is 2.23. The fourth-order valence-electron chi connectivity index (χ4n) is 1.85. The normalized spacial score (nSPS) is 11.8. The zero-order valence-corrected chi connectivity index (χ0v) is 13.1. The third-order valence-corrected chi connectivity index (χ3v) is 5.25. The lowest BCUT2D eigenvalue weighted by molar-refractivity contribution is 0.390. The minimum Gasteiger partial charge on any atom is -0.360 e. The minimum atomic E-state index is -3.60. The van der Waals surface area contributed by atoms with Gasteiger partial charge in [-0.2, -0.15) is 0 Å². The van der Waals surface area contributed by atoms with Gasteiger partial charge in [-0.3, -0.25) is 0 Å². The quantitative estimate of drug-likeness (QED) is 0.859. The summed E-state index contributed by atoms with van der Waals surface area (Å²) in [5.41, 5.74) is 1.27. The summed E-state index contributed by atoms with van der Waals surface area (Å²) in [7, 11) is -3.60. The van der Waals surface area contributed by atoms with Gasteiger partial charge in [0.1, 0.15) is 10.6 Å². The van der Waals surface area contributed by atoms with Crippen LogP contribution in [-0.2, 0) is 16.6 Å². The number of nitrogens with zero attached hydrogens (tertiary/aromatic N) is 1. The van der Waals surface area contributed by atoms with E-state index in [-0.39, 0.29) is 11.4 Å². The van der Waals surface area contributed by atoms with Gasteiger partial charge in [0.25, 0.3) is 0 Å². The summed E-state index contributed by atoms with van der Waals surface area (Å²) in [5, 5.41) is 3.66. The molecule has 0 fully saturated rings. The molecule has 20 heavy (non-hydrogen) atoms. The van der Waals surface area contributed by atoms with Crippen LogP contribution in [0, 0.1) is 13.8 Å². The molecule has 0 saturated heterocycles. The van der Waals surface area contributed by atoms with Gasteiger partial charge < -0.3 is 4.52 Å². The van der Waals surface area contributed by atoms with Gasteiger partial charge in [0.15, 0.2) is 5.76 Å². The molecule has 1 heterocycles. The molecule has 2 rings (SSSR count). The van der Waals surface area contributed by atoms with E-state index in [1.165, 1.54) is 0 Å². The molecule has 0 aliphatic heterocycles. The first-order valence-corrected chi connectivity index (χ1v) is 8.70. The molecule has 108 valence electrons. The first kappa shape index (κ1) is 15.1. The van der Waals surface area contributed by atoms with E-state index in [1.807, 2.05) is 30.5 Å². The van der Waals surface area contributed by atoms with E-state index >= 15 is 0 Å². The van der Waals surface area contributed by atoms with Crippen LogP contribution in [0.5, 0.6) is 0 Å². The first-order valence-electron chi connectivity index (χ1n) is 5.99. The second-order valence-corrected chi connectivity index (χ2v) is 6.91. The predicted molar refractivity (Wildman–Crippen MR) is 78.2 cm³/mol. The monoisotopic (exact) mass is 312 g/mol. The molecular weight excluding hydrogens is 296 g/mol. The van der Waals surface area contributed by atoms with Crippen molar-refractivity contribution in [1.82, 2.24) is 9.88 Å². The second kappa shape index (κ2) is 5.99. The number of thioether (sulfide) groups is 1. The highest BCUT2D eigenvalue weighted by Crippen LogP contribution is 2.19. The molecule has 5 nitrogen and oxygen atoms in total. The molecule has 0 unspecified atom stereocenters. The molecule has 1 N–H and O–H groups in total. The Morgan fingerprint density at radius 2 is 1.90 bits per heavy atom. The van der Waals surface area contributed by atoms with Crippen molar-refractivity contribution < 1.29 is 12.9 Å². The molecule has 0 amide bonds. The van der Waals surface area contributed by atoms with Gasteiger partial charge in [0, 0.05) is 11.4 Å². The minimum absolute atomic E-state index is 0.123. The number of hydrogen-bond donors (Lipinski definition) is 1. The van der Waals surface area contributed by atoms with Crippen LogP contribution >= 0.6 is 11.8 Å². The van der Waals surface area contributed by atoms with Crippen LogP contribution in [0.3, 0.4) is 0 Å². The fraction of sp³-hybridized carbons (Fsp3) is 0.308. The summed E-state index contributed by atoms with van der Waals surface area (Å²) in [6.07, 6.45) is 2.00. The predicted octanol–water partition coefficient (Wildman–Crippen LogP) is 2.49. The van der Waals surface area contributed by atoms with Gasteiger partial charge in [0.05, 0.1) is 0 Å². The van der Waals surface area contributed by atoms with Crippen molar-refractivity contribution in [2.24, 2.45) is 0 Å². The molecule has 0 aliphatic carbocycles.